The van der Waals surface area contributed by atoms with Gasteiger partial charge in [-0.3, -0.25) is 5.43 Å². The van der Waals surface area contributed by atoms with E-state index in [1.54, 1.807) is 6.08 Å². The fourth-order valence-electron chi connectivity index (χ4n) is 12.1. The van der Waals surface area contributed by atoms with E-state index in [0.717, 1.165) is 115 Å². The first-order valence-corrected chi connectivity index (χ1v) is 27.9. The van der Waals surface area contributed by atoms with Crippen molar-refractivity contribution >= 4 is 98.8 Å². The van der Waals surface area contributed by atoms with E-state index < -0.39 is 0 Å². The van der Waals surface area contributed by atoms with Crippen molar-refractivity contribution in [2.24, 2.45) is 15.8 Å². The van der Waals surface area contributed by atoms with Crippen molar-refractivity contribution in [2.75, 3.05) is 0 Å². The van der Waals surface area contributed by atoms with Gasteiger partial charge in [0.2, 0.25) is 0 Å². The van der Waals surface area contributed by atoms with Crippen LogP contribution in [0.2, 0.25) is 0 Å². The lowest BCUT2D eigenvalue weighted by atomic mass is 9.94. The Morgan fingerprint density at radius 3 is 1.43 bits per heavy atom. The lowest BCUT2D eigenvalue weighted by molar-refractivity contribution is 0.659. The third-order valence-electron chi connectivity index (χ3n) is 15.7. The van der Waals surface area contributed by atoms with Crippen LogP contribution in [0.3, 0.4) is 0 Å². The minimum absolute atomic E-state index is 0.300. The molecule has 0 aliphatic carbocycles. The first-order chi connectivity index (χ1) is 41.5. The van der Waals surface area contributed by atoms with Gasteiger partial charge in [-0.25, -0.2) is 19.9 Å². The fraction of sp³-hybridized carbons (Fsp3) is 0.0135. The number of hydrogen-bond acceptors (Lipinski definition) is 6. The Morgan fingerprint density at radius 2 is 0.917 bits per heavy atom. The lowest BCUT2D eigenvalue weighted by Crippen LogP contribution is -2.18. The maximum Gasteiger partial charge on any atom is 0.182 e. The first-order valence-electron chi connectivity index (χ1n) is 27.9. The minimum atomic E-state index is 0.300. The molecular weight excluding hydrogens is 1030 g/mol. The molecule has 0 bridgehead atoms. The van der Waals surface area contributed by atoms with Crippen molar-refractivity contribution in [3.05, 3.63) is 284 Å². The van der Waals surface area contributed by atoms with E-state index in [1.807, 2.05) is 116 Å². The molecule has 398 valence electrons. The monoisotopic (exact) mass is 1080 g/mol. The Kier molecular flexibility index (Phi) is 12.1. The summed E-state index contributed by atoms with van der Waals surface area (Å²) in [6.07, 6.45) is 7.49. The molecule has 0 aliphatic rings. The standard InChI is InChI=1S/C74H51N9O/c1-3-24-49(25-4-2)80-81-74(76-70(75)46-26-8-5-9-27-46)59-45-65(83-62-42-20-16-34-52(62)53-35-17-21-43-63(53)83)69-67-55(37-23-39-57(59)67)54-36-22-38-56-58(73-78-71(47-28-10-6-11-29-47)77-72(79-73)48-30-12-7-13-31-48)44-64(68(84-69)66(54)56)82-60-40-18-14-32-50(60)51-33-15-19-41-61(51)82/h3-45,80H,1H2,2H3,(H2,75,76,81)/b25-4-,49-24+. The maximum absolute atomic E-state index is 8.14. The van der Waals surface area contributed by atoms with E-state index >= 15 is 0 Å². The Hall–Kier alpha value is -11.5. The van der Waals surface area contributed by atoms with E-state index in [4.69, 9.17) is 35.2 Å². The van der Waals surface area contributed by atoms with Crippen LogP contribution in [0.4, 0.5) is 0 Å². The molecule has 4 heterocycles. The zero-order chi connectivity index (χ0) is 56.3. The van der Waals surface area contributed by atoms with Crippen LogP contribution in [0.1, 0.15) is 18.1 Å². The normalized spacial score (nSPS) is 12.6. The van der Waals surface area contributed by atoms with Crippen molar-refractivity contribution < 1.29 is 4.42 Å². The summed E-state index contributed by atoms with van der Waals surface area (Å²) in [5.41, 5.74) is 22.0. The molecule has 84 heavy (non-hydrogen) atoms. The van der Waals surface area contributed by atoms with E-state index in [-0.39, 0.29) is 0 Å². The number of fused-ring (bicyclic) bond motifs is 7. The predicted molar refractivity (Wildman–Crippen MR) is 347 cm³/mol. The number of aliphatic imine (C=N–C) groups is 1. The number of nitrogens with two attached hydrogens (primary N) is 1. The SMILES string of the molecule is C=C/C=C(\C=C/C)N/N=C(\N=C(N)c1ccccc1)c1cc(-n2c3ccccc3c3ccccc32)c2oc3c(-n4c5ccccc5c5ccccc54)cc(-c4nc(-c5ccccc5)nc(-c5ccccc5)n4)c4cccc(c5cccc1c25)c43. The van der Waals surface area contributed by atoms with Crippen LogP contribution in [0.25, 0.3) is 133 Å². The number of benzene rings is 11. The van der Waals surface area contributed by atoms with Gasteiger partial charge in [-0.05, 0) is 77.0 Å². The fourth-order valence-corrected chi connectivity index (χ4v) is 12.1. The molecule has 4 aromatic heterocycles. The highest BCUT2D eigenvalue weighted by atomic mass is 16.3. The first kappa shape index (κ1) is 49.5. The topological polar surface area (TPSA) is 124 Å². The molecule has 10 nitrogen and oxygen atoms in total. The summed E-state index contributed by atoms with van der Waals surface area (Å²) in [6.45, 7) is 5.96. The van der Waals surface area contributed by atoms with Crippen LogP contribution in [-0.2, 0) is 0 Å². The molecule has 0 spiro atoms. The van der Waals surface area contributed by atoms with Crippen molar-refractivity contribution in [3.63, 3.8) is 0 Å². The molecule has 15 aromatic rings. The van der Waals surface area contributed by atoms with Crippen molar-refractivity contribution in [2.45, 2.75) is 6.92 Å². The summed E-state index contributed by atoms with van der Waals surface area (Å²) in [6, 6.07) is 81.6. The molecule has 0 unspecified atom stereocenters. The Bertz CT molecular complexity index is 5100. The Balaban J connectivity index is 1.15. The smallest absolute Gasteiger partial charge is 0.182 e. The van der Waals surface area contributed by atoms with E-state index in [0.29, 0.717) is 46.0 Å². The summed E-state index contributed by atoms with van der Waals surface area (Å²) in [7, 11) is 0. The second kappa shape index (κ2) is 20.6. The van der Waals surface area contributed by atoms with Gasteiger partial charge in [0, 0.05) is 60.1 Å². The number of hydrogen-bond donors (Lipinski definition) is 2. The lowest BCUT2D eigenvalue weighted by Gasteiger charge is -2.17. The van der Waals surface area contributed by atoms with Crippen LogP contribution in [0.5, 0.6) is 0 Å². The van der Waals surface area contributed by atoms with Gasteiger partial charge in [-0.1, -0.05) is 219 Å². The molecule has 0 radical (unpaired) electrons. The van der Waals surface area contributed by atoms with Crippen molar-refractivity contribution in [1.82, 2.24) is 29.5 Å². The summed E-state index contributed by atoms with van der Waals surface area (Å²) in [5, 5.41) is 15.0. The predicted octanol–water partition coefficient (Wildman–Crippen LogP) is 17.6. The van der Waals surface area contributed by atoms with Gasteiger partial charge >= 0.3 is 0 Å². The number of para-hydroxylation sites is 4. The number of nitrogens with one attached hydrogen (secondary N) is 1. The molecule has 0 saturated carbocycles. The molecule has 11 aromatic carbocycles. The molecule has 0 amide bonds. The van der Waals surface area contributed by atoms with Gasteiger partial charge < -0.3 is 19.3 Å². The largest absolute Gasteiger partial charge is 0.452 e. The highest BCUT2D eigenvalue weighted by molar-refractivity contribution is 6.30. The quantitative estimate of drug-likeness (QED) is 0.0575. The minimum Gasteiger partial charge on any atom is -0.452 e. The summed E-state index contributed by atoms with van der Waals surface area (Å²) in [5.74, 6) is 2.30. The Labute approximate surface area is 482 Å². The third-order valence-corrected chi connectivity index (χ3v) is 15.7. The second-order valence-corrected chi connectivity index (χ2v) is 20.6. The van der Waals surface area contributed by atoms with Gasteiger partial charge in [0.1, 0.15) is 5.84 Å². The van der Waals surface area contributed by atoms with Gasteiger partial charge in [0.25, 0.3) is 0 Å². The zero-order valence-corrected chi connectivity index (χ0v) is 45.6. The van der Waals surface area contributed by atoms with Crippen LogP contribution in [0, 0.1) is 0 Å². The van der Waals surface area contributed by atoms with Gasteiger partial charge in [-0.2, -0.15) is 5.10 Å². The van der Waals surface area contributed by atoms with Gasteiger partial charge in [0.15, 0.2) is 34.5 Å². The molecular formula is C74H51N9O. The molecule has 0 atom stereocenters. The van der Waals surface area contributed by atoms with Crippen LogP contribution >= 0.6 is 0 Å². The van der Waals surface area contributed by atoms with Crippen LogP contribution < -0.4 is 11.2 Å². The number of rotatable bonds is 11. The van der Waals surface area contributed by atoms with E-state index in [2.05, 4.69) is 167 Å². The molecule has 3 N–H and O–H groups in total. The summed E-state index contributed by atoms with van der Waals surface area (Å²) in [4.78, 5) is 21.2. The van der Waals surface area contributed by atoms with Crippen molar-refractivity contribution in [1.29, 1.82) is 0 Å². The average molecular weight is 1080 g/mol. The van der Waals surface area contributed by atoms with E-state index in [9.17, 15) is 0 Å². The van der Waals surface area contributed by atoms with Crippen LogP contribution in [-0.4, -0.2) is 35.8 Å². The van der Waals surface area contributed by atoms with Crippen LogP contribution in [0.15, 0.2) is 288 Å². The number of allylic oxidation sites excluding steroid dienone is 4. The number of amidine groups is 2. The third kappa shape index (κ3) is 8.23. The van der Waals surface area contributed by atoms with Crippen molar-refractivity contribution in [3.8, 4) is 45.5 Å². The number of nitrogens with zero attached hydrogens (tertiary/aromatic N) is 7. The average Bonchev–Trinajstić information content (AvgIpc) is 2.98. The molecule has 0 saturated heterocycles. The Morgan fingerprint density at radius 1 is 0.488 bits per heavy atom. The number of aromatic nitrogens is 5. The van der Waals surface area contributed by atoms with E-state index in [1.165, 1.54) is 0 Å². The zero-order valence-electron chi connectivity index (χ0n) is 45.6. The molecule has 0 fully saturated rings. The summed E-state index contributed by atoms with van der Waals surface area (Å²) < 4.78 is 12.8. The van der Waals surface area contributed by atoms with Gasteiger partial charge in [-0.15, -0.1) is 0 Å². The number of hydrazone groups is 1. The summed E-state index contributed by atoms with van der Waals surface area (Å²) >= 11 is 0. The maximum atomic E-state index is 8.14. The highest BCUT2D eigenvalue weighted by Crippen LogP contribution is 2.47. The molecule has 0 aliphatic heterocycles. The highest BCUT2D eigenvalue weighted by Gasteiger charge is 2.27. The molecule has 10 heteroatoms. The van der Waals surface area contributed by atoms with Gasteiger partial charge in [0.05, 0.1) is 39.1 Å². The molecule has 15 rings (SSSR count). The second-order valence-electron chi connectivity index (χ2n) is 20.6.